The zero-order chi connectivity index (χ0) is 23.1. The van der Waals surface area contributed by atoms with E-state index < -0.39 is 0 Å². The summed E-state index contributed by atoms with van der Waals surface area (Å²) in [6.45, 7) is 2.15. The molecule has 34 heavy (non-hydrogen) atoms. The van der Waals surface area contributed by atoms with Gasteiger partial charge in [-0.05, 0) is 77.2 Å². The first kappa shape index (κ1) is 20.0. The number of aromatic nitrogens is 2. The van der Waals surface area contributed by atoms with E-state index in [9.17, 15) is 5.26 Å². The monoisotopic (exact) mass is 435 g/mol. The van der Waals surface area contributed by atoms with Gasteiger partial charge in [0.2, 0.25) is 0 Å². The molecule has 4 aromatic carbocycles. The Hall–Kier alpha value is -4.68. The molecule has 0 aliphatic carbocycles. The van der Waals surface area contributed by atoms with E-state index in [2.05, 4.69) is 95.3 Å². The van der Waals surface area contributed by atoms with E-state index in [1.165, 1.54) is 27.5 Å². The van der Waals surface area contributed by atoms with E-state index >= 15 is 0 Å². The normalized spacial score (nSPS) is 11.1. The van der Waals surface area contributed by atoms with Gasteiger partial charge in [-0.25, -0.2) is 0 Å². The van der Waals surface area contributed by atoms with E-state index in [1.54, 1.807) is 12.4 Å². The van der Waals surface area contributed by atoms with Gasteiger partial charge in [0, 0.05) is 28.9 Å². The maximum atomic E-state index is 9.81. The summed E-state index contributed by atoms with van der Waals surface area (Å²) < 4.78 is 2.28. The van der Waals surface area contributed by atoms with Gasteiger partial charge in [-0.2, -0.15) is 5.26 Å². The average Bonchev–Trinajstić information content (AvgIpc) is 3.23. The summed E-state index contributed by atoms with van der Waals surface area (Å²) in [6, 6.07) is 36.0. The van der Waals surface area contributed by atoms with Crippen molar-refractivity contribution in [2.24, 2.45) is 0 Å². The maximum Gasteiger partial charge on any atom is 0.0992 e. The summed E-state index contributed by atoms with van der Waals surface area (Å²) in [4.78, 5) is 4.14. The third-order valence-electron chi connectivity index (χ3n) is 6.45. The number of fused-ring (bicyclic) bond motifs is 3. The van der Waals surface area contributed by atoms with E-state index in [1.807, 2.05) is 24.3 Å². The number of benzene rings is 4. The summed E-state index contributed by atoms with van der Waals surface area (Å²) in [5.41, 5.74) is 9.53. The molecule has 2 aromatic heterocycles. The lowest BCUT2D eigenvalue weighted by Crippen LogP contribution is -1.96. The van der Waals surface area contributed by atoms with Crippen LogP contribution in [0.1, 0.15) is 11.1 Å². The van der Waals surface area contributed by atoms with Crippen LogP contribution in [0.4, 0.5) is 0 Å². The Bertz CT molecular complexity index is 1720. The molecule has 3 nitrogen and oxygen atoms in total. The van der Waals surface area contributed by atoms with Crippen LogP contribution in [0.3, 0.4) is 0 Å². The molecule has 160 valence electrons. The van der Waals surface area contributed by atoms with Crippen molar-refractivity contribution in [2.45, 2.75) is 6.92 Å². The van der Waals surface area contributed by atoms with Crippen molar-refractivity contribution in [1.82, 2.24) is 9.55 Å². The second kappa shape index (κ2) is 8.03. The minimum atomic E-state index is 0.630. The second-order valence-corrected chi connectivity index (χ2v) is 8.52. The van der Waals surface area contributed by atoms with Gasteiger partial charge in [0.25, 0.3) is 0 Å². The number of rotatable bonds is 3. The van der Waals surface area contributed by atoms with Crippen LogP contribution in [0.25, 0.3) is 49.7 Å². The summed E-state index contributed by atoms with van der Waals surface area (Å²) in [5, 5.41) is 12.2. The summed E-state index contributed by atoms with van der Waals surface area (Å²) in [5.74, 6) is 0. The molecule has 0 atom stereocenters. The molecule has 0 bridgehead atoms. The summed E-state index contributed by atoms with van der Waals surface area (Å²) in [6.07, 6.45) is 3.56. The van der Waals surface area contributed by atoms with Gasteiger partial charge in [-0.1, -0.05) is 54.6 Å². The largest absolute Gasteiger partial charge is 0.309 e. The van der Waals surface area contributed by atoms with Gasteiger partial charge in [0.15, 0.2) is 0 Å². The summed E-state index contributed by atoms with van der Waals surface area (Å²) >= 11 is 0. The van der Waals surface area contributed by atoms with Crippen LogP contribution in [0.5, 0.6) is 0 Å². The van der Waals surface area contributed by atoms with Gasteiger partial charge in [0.1, 0.15) is 0 Å². The third-order valence-corrected chi connectivity index (χ3v) is 6.45. The van der Waals surface area contributed by atoms with Crippen LogP contribution in [0, 0.1) is 18.3 Å². The molecule has 0 aliphatic heterocycles. The Kier molecular flexibility index (Phi) is 4.71. The Morgan fingerprint density at radius 1 is 0.676 bits per heavy atom. The number of nitrogens with zero attached hydrogens (tertiary/aromatic N) is 3. The van der Waals surface area contributed by atoms with Gasteiger partial charge in [-0.15, -0.1) is 0 Å². The average molecular weight is 436 g/mol. The van der Waals surface area contributed by atoms with E-state index in [0.717, 1.165) is 27.8 Å². The molecular formula is C31H21N3. The van der Waals surface area contributed by atoms with E-state index in [0.29, 0.717) is 5.56 Å². The Morgan fingerprint density at radius 2 is 1.44 bits per heavy atom. The van der Waals surface area contributed by atoms with Crippen molar-refractivity contribution in [3.63, 3.8) is 0 Å². The first-order valence-electron chi connectivity index (χ1n) is 11.3. The van der Waals surface area contributed by atoms with Gasteiger partial charge < -0.3 is 4.57 Å². The van der Waals surface area contributed by atoms with E-state index in [4.69, 9.17) is 0 Å². The molecule has 0 amide bonds. The zero-order valence-corrected chi connectivity index (χ0v) is 18.7. The molecule has 0 radical (unpaired) electrons. The lowest BCUT2D eigenvalue weighted by Gasteiger charge is -2.12. The molecule has 0 aliphatic rings. The molecule has 6 aromatic rings. The molecular weight excluding hydrogens is 414 g/mol. The number of aryl methyl sites for hydroxylation is 1. The minimum absolute atomic E-state index is 0.630. The Morgan fingerprint density at radius 3 is 2.26 bits per heavy atom. The van der Waals surface area contributed by atoms with Crippen LogP contribution in [-0.2, 0) is 0 Å². The zero-order valence-electron chi connectivity index (χ0n) is 18.7. The number of nitriles is 1. The predicted molar refractivity (Wildman–Crippen MR) is 139 cm³/mol. The SMILES string of the molecule is Cc1ccccc1-c1ccc2c3ccccc3n(-c3cc(C#N)cc(-c4ccncc4)c3)c2c1. The van der Waals surface area contributed by atoms with Crippen molar-refractivity contribution in [2.75, 3.05) is 0 Å². The van der Waals surface area contributed by atoms with Crippen molar-refractivity contribution >= 4 is 21.8 Å². The summed E-state index contributed by atoms with van der Waals surface area (Å²) in [7, 11) is 0. The van der Waals surface area contributed by atoms with Crippen LogP contribution in [0.15, 0.2) is 109 Å². The third kappa shape index (κ3) is 3.25. The maximum absolute atomic E-state index is 9.81. The molecule has 0 saturated heterocycles. The fourth-order valence-electron chi connectivity index (χ4n) is 4.83. The Balaban J connectivity index is 1.67. The van der Waals surface area contributed by atoms with Crippen LogP contribution >= 0.6 is 0 Å². The molecule has 0 fully saturated rings. The molecule has 0 saturated carbocycles. The first-order chi connectivity index (χ1) is 16.7. The fraction of sp³-hybridized carbons (Fsp3) is 0.0323. The number of hydrogen-bond donors (Lipinski definition) is 0. The molecule has 6 rings (SSSR count). The highest BCUT2D eigenvalue weighted by atomic mass is 15.0. The fourth-order valence-corrected chi connectivity index (χ4v) is 4.83. The highest BCUT2D eigenvalue weighted by Crippen LogP contribution is 2.36. The smallest absolute Gasteiger partial charge is 0.0992 e. The molecule has 2 heterocycles. The lowest BCUT2D eigenvalue weighted by atomic mass is 9.99. The number of pyridine rings is 1. The van der Waals surface area contributed by atoms with Gasteiger partial charge in [-0.3, -0.25) is 4.98 Å². The predicted octanol–water partition coefficient (Wildman–Crippen LogP) is 7.69. The topological polar surface area (TPSA) is 41.6 Å². The molecule has 3 heteroatoms. The number of para-hydroxylation sites is 1. The molecule has 0 unspecified atom stereocenters. The van der Waals surface area contributed by atoms with Gasteiger partial charge in [0.05, 0.1) is 22.7 Å². The highest BCUT2D eigenvalue weighted by molar-refractivity contribution is 6.10. The highest BCUT2D eigenvalue weighted by Gasteiger charge is 2.15. The van der Waals surface area contributed by atoms with Crippen molar-refractivity contribution < 1.29 is 0 Å². The molecule has 0 N–H and O–H groups in total. The first-order valence-corrected chi connectivity index (χ1v) is 11.3. The quantitative estimate of drug-likeness (QED) is 0.286. The van der Waals surface area contributed by atoms with E-state index in [-0.39, 0.29) is 0 Å². The van der Waals surface area contributed by atoms with Crippen LogP contribution in [0.2, 0.25) is 0 Å². The van der Waals surface area contributed by atoms with Crippen LogP contribution in [-0.4, -0.2) is 9.55 Å². The van der Waals surface area contributed by atoms with Crippen molar-refractivity contribution in [3.8, 4) is 34.0 Å². The van der Waals surface area contributed by atoms with Gasteiger partial charge >= 0.3 is 0 Å². The second-order valence-electron chi connectivity index (χ2n) is 8.52. The minimum Gasteiger partial charge on any atom is -0.309 e. The Labute approximate surface area is 198 Å². The molecule has 0 spiro atoms. The lowest BCUT2D eigenvalue weighted by molar-refractivity contribution is 1.18. The standard InChI is InChI=1S/C31H21N3/c1-21-6-2-3-7-27(21)24-10-11-29-28-8-4-5-9-30(28)34(31(29)19-24)26-17-22(20-32)16-25(18-26)23-12-14-33-15-13-23/h2-19H,1H3. The van der Waals surface area contributed by atoms with Crippen LogP contribution < -0.4 is 0 Å². The van der Waals surface area contributed by atoms with Crippen molar-refractivity contribution in [1.29, 1.82) is 5.26 Å². The van der Waals surface area contributed by atoms with Crippen molar-refractivity contribution in [3.05, 3.63) is 121 Å². The number of hydrogen-bond acceptors (Lipinski definition) is 2.